The Morgan fingerprint density at radius 3 is 2.59 bits per heavy atom. The second kappa shape index (κ2) is 7.40. The highest BCUT2D eigenvalue weighted by Crippen LogP contribution is 2.31. The first-order chi connectivity index (χ1) is 14.2. The maximum atomic E-state index is 13.0. The van der Waals surface area contributed by atoms with Gasteiger partial charge in [0.2, 0.25) is 5.91 Å². The minimum absolute atomic E-state index is 0.0141. The topological polar surface area (TPSA) is 81.1 Å². The standard InChI is InChI=1S/C22H21N3O4/c26-20-18-11-17(29-16-9-14-3-1-2-4-15(14)10-16)12-23-21(18)24-13-19(20)22(27)25-5-7-28-8-6-25/h1-4,11-13,16,19H,5-10H2. The van der Waals surface area contributed by atoms with Gasteiger partial charge in [-0.2, -0.15) is 0 Å². The van der Waals surface area contributed by atoms with Gasteiger partial charge in [-0.15, -0.1) is 0 Å². The van der Waals surface area contributed by atoms with Crippen molar-refractivity contribution in [3.05, 3.63) is 53.2 Å². The van der Waals surface area contributed by atoms with Gasteiger partial charge in [0.1, 0.15) is 17.8 Å². The number of pyridine rings is 1. The van der Waals surface area contributed by atoms with Gasteiger partial charge in [-0.1, -0.05) is 24.3 Å². The molecule has 1 aliphatic carbocycles. The van der Waals surface area contributed by atoms with Gasteiger partial charge in [0, 0.05) is 32.1 Å². The number of Topliss-reactive ketones (excluding diaryl/α,β-unsaturated/α-hetero) is 1. The van der Waals surface area contributed by atoms with Gasteiger partial charge in [-0.25, -0.2) is 9.98 Å². The van der Waals surface area contributed by atoms with E-state index in [0.717, 1.165) is 12.8 Å². The van der Waals surface area contributed by atoms with Crippen LogP contribution in [0.1, 0.15) is 21.5 Å². The lowest BCUT2D eigenvalue weighted by molar-refractivity contribution is -0.136. The SMILES string of the molecule is O=C1c2cc(OC3Cc4ccccc4C3)cnc2N=CC1C(=O)N1CCOCC1. The minimum atomic E-state index is -0.909. The Bertz CT molecular complexity index is 972. The number of benzene rings is 1. The van der Waals surface area contributed by atoms with Crippen molar-refractivity contribution < 1.29 is 19.1 Å². The Morgan fingerprint density at radius 1 is 1.14 bits per heavy atom. The third-order valence-corrected chi connectivity index (χ3v) is 5.64. The predicted molar refractivity (Wildman–Crippen MR) is 106 cm³/mol. The van der Waals surface area contributed by atoms with Crippen molar-refractivity contribution in [2.45, 2.75) is 18.9 Å². The van der Waals surface area contributed by atoms with E-state index in [4.69, 9.17) is 9.47 Å². The zero-order valence-corrected chi connectivity index (χ0v) is 15.9. The van der Waals surface area contributed by atoms with E-state index >= 15 is 0 Å². The first-order valence-electron chi connectivity index (χ1n) is 9.87. The van der Waals surface area contributed by atoms with E-state index in [1.807, 2.05) is 12.1 Å². The molecule has 2 aromatic rings. The summed E-state index contributed by atoms with van der Waals surface area (Å²) in [4.78, 5) is 36.0. The number of hydrogen-bond donors (Lipinski definition) is 0. The molecule has 0 spiro atoms. The van der Waals surface area contributed by atoms with Gasteiger partial charge in [0.25, 0.3) is 0 Å². The molecule has 1 atom stereocenters. The maximum Gasteiger partial charge on any atom is 0.239 e. The summed E-state index contributed by atoms with van der Waals surface area (Å²) < 4.78 is 11.4. The number of carbonyl (C=O) groups excluding carboxylic acids is 2. The van der Waals surface area contributed by atoms with Gasteiger partial charge < -0.3 is 14.4 Å². The van der Waals surface area contributed by atoms with Gasteiger partial charge in [0.05, 0.1) is 25.0 Å². The number of aliphatic imine (C=N–C) groups is 1. The van der Waals surface area contributed by atoms with Crippen molar-refractivity contribution in [1.29, 1.82) is 0 Å². The molecule has 1 saturated heterocycles. The summed E-state index contributed by atoms with van der Waals surface area (Å²) in [6, 6.07) is 9.96. The highest BCUT2D eigenvalue weighted by atomic mass is 16.5. The summed E-state index contributed by atoms with van der Waals surface area (Å²) in [7, 11) is 0. The fraction of sp³-hybridized carbons (Fsp3) is 0.364. The zero-order valence-electron chi connectivity index (χ0n) is 15.9. The molecule has 0 saturated carbocycles. The van der Waals surface area contributed by atoms with Crippen LogP contribution in [0.5, 0.6) is 5.75 Å². The number of aromatic nitrogens is 1. The summed E-state index contributed by atoms with van der Waals surface area (Å²) in [6.45, 7) is 1.97. The average Bonchev–Trinajstić information content (AvgIpc) is 3.17. The van der Waals surface area contributed by atoms with E-state index in [-0.39, 0.29) is 17.8 Å². The van der Waals surface area contributed by atoms with Crippen molar-refractivity contribution in [2.24, 2.45) is 10.9 Å². The second-order valence-electron chi connectivity index (χ2n) is 7.52. The first-order valence-corrected chi connectivity index (χ1v) is 9.87. The van der Waals surface area contributed by atoms with Gasteiger partial charge in [-0.05, 0) is 17.2 Å². The molecule has 0 bridgehead atoms. The Morgan fingerprint density at radius 2 is 1.86 bits per heavy atom. The van der Waals surface area contributed by atoms with E-state index < -0.39 is 5.92 Å². The quantitative estimate of drug-likeness (QED) is 0.748. The number of fused-ring (bicyclic) bond motifs is 2. The fourth-order valence-corrected chi connectivity index (χ4v) is 4.12. The molecular weight excluding hydrogens is 370 g/mol. The molecule has 1 unspecified atom stereocenters. The van der Waals surface area contributed by atoms with Crippen molar-refractivity contribution in [1.82, 2.24) is 9.88 Å². The van der Waals surface area contributed by atoms with Crippen LogP contribution in [0.25, 0.3) is 0 Å². The molecule has 1 amide bonds. The molecule has 2 aliphatic heterocycles. The van der Waals surface area contributed by atoms with E-state index in [2.05, 4.69) is 22.1 Å². The van der Waals surface area contributed by atoms with Crippen LogP contribution >= 0.6 is 0 Å². The Balaban J connectivity index is 1.32. The molecule has 5 rings (SSSR count). The van der Waals surface area contributed by atoms with Crippen molar-refractivity contribution in [3.8, 4) is 5.75 Å². The maximum absolute atomic E-state index is 13.0. The van der Waals surface area contributed by atoms with Crippen LogP contribution < -0.4 is 4.74 Å². The number of hydrogen-bond acceptors (Lipinski definition) is 6. The lowest BCUT2D eigenvalue weighted by atomic mass is 9.95. The van der Waals surface area contributed by atoms with E-state index in [9.17, 15) is 9.59 Å². The molecule has 1 fully saturated rings. The van der Waals surface area contributed by atoms with Crippen molar-refractivity contribution >= 4 is 23.7 Å². The molecule has 1 aromatic heterocycles. The highest BCUT2D eigenvalue weighted by Gasteiger charge is 2.35. The molecule has 3 aliphatic rings. The normalized spacial score (nSPS) is 21.0. The van der Waals surface area contributed by atoms with Crippen LogP contribution in [0.4, 0.5) is 5.82 Å². The smallest absolute Gasteiger partial charge is 0.239 e. The molecule has 0 N–H and O–H groups in total. The third-order valence-electron chi connectivity index (χ3n) is 5.64. The molecular formula is C22H21N3O4. The Hall–Kier alpha value is -3.06. The fourth-order valence-electron chi connectivity index (χ4n) is 4.12. The van der Waals surface area contributed by atoms with Crippen LogP contribution in [0.2, 0.25) is 0 Å². The summed E-state index contributed by atoms with van der Waals surface area (Å²) in [5, 5.41) is 0. The van der Waals surface area contributed by atoms with E-state index in [0.29, 0.717) is 43.4 Å². The lowest BCUT2D eigenvalue weighted by Gasteiger charge is -2.29. The Kier molecular flexibility index (Phi) is 4.60. The summed E-state index contributed by atoms with van der Waals surface area (Å²) in [5.74, 6) is -0.550. The average molecular weight is 391 g/mol. The highest BCUT2D eigenvalue weighted by molar-refractivity contribution is 6.23. The number of amides is 1. The van der Waals surface area contributed by atoms with Gasteiger partial charge >= 0.3 is 0 Å². The number of ketones is 1. The van der Waals surface area contributed by atoms with Gasteiger partial charge in [-0.3, -0.25) is 9.59 Å². The van der Waals surface area contributed by atoms with Crippen LogP contribution in [0, 0.1) is 5.92 Å². The van der Waals surface area contributed by atoms with Crippen LogP contribution in [-0.4, -0.2) is 60.2 Å². The third kappa shape index (κ3) is 3.42. The van der Waals surface area contributed by atoms with Crippen LogP contribution in [0.3, 0.4) is 0 Å². The number of nitrogens with zero attached hydrogens (tertiary/aromatic N) is 3. The molecule has 7 nitrogen and oxygen atoms in total. The minimum Gasteiger partial charge on any atom is -0.488 e. The van der Waals surface area contributed by atoms with Crippen LogP contribution in [0.15, 0.2) is 41.5 Å². The molecule has 1 aromatic carbocycles. The summed E-state index contributed by atoms with van der Waals surface area (Å²) >= 11 is 0. The second-order valence-corrected chi connectivity index (χ2v) is 7.52. The summed E-state index contributed by atoms with van der Waals surface area (Å²) in [5.41, 5.74) is 2.92. The number of carbonyl (C=O) groups is 2. The van der Waals surface area contributed by atoms with E-state index in [1.165, 1.54) is 17.3 Å². The molecule has 3 heterocycles. The molecule has 0 radical (unpaired) electrons. The van der Waals surface area contributed by atoms with Crippen molar-refractivity contribution in [3.63, 3.8) is 0 Å². The van der Waals surface area contributed by atoms with E-state index in [1.54, 1.807) is 17.2 Å². The molecule has 7 heteroatoms. The molecule has 29 heavy (non-hydrogen) atoms. The zero-order chi connectivity index (χ0) is 19.8. The van der Waals surface area contributed by atoms with Crippen molar-refractivity contribution in [2.75, 3.05) is 26.3 Å². The molecule has 148 valence electrons. The van der Waals surface area contributed by atoms with Crippen LogP contribution in [-0.2, 0) is 22.4 Å². The first kappa shape index (κ1) is 18.0. The lowest BCUT2D eigenvalue weighted by Crippen LogP contribution is -2.46. The number of ether oxygens (including phenoxy) is 2. The largest absolute Gasteiger partial charge is 0.488 e. The number of morpholine rings is 1. The predicted octanol–water partition coefficient (Wildman–Crippen LogP) is 2.00. The Labute approximate surface area is 168 Å². The van der Waals surface area contributed by atoms with Gasteiger partial charge in [0.15, 0.2) is 11.6 Å². The monoisotopic (exact) mass is 391 g/mol. The summed E-state index contributed by atoms with van der Waals surface area (Å²) in [6.07, 6.45) is 4.68. The number of rotatable bonds is 3.